The Kier molecular flexibility index (Phi) is 8.95. The van der Waals surface area contributed by atoms with Crippen LogP contribution in [-0.4, -0.2) is 43.3 Å². The van der Waals surface area contributed by atoms with E-state index in [0.717, 1.165) is 13.2 Å². The van der Waals surface area contributed by atoms with Crippen molar-refractivity contribution in [1.29, 1.82) is 0 Å². The molecule has 3 nitrogen and oxygen atoms in total. The molecule has 1 aliphatic rings. The third kappa shape index (κ3) is 6.55. The molecule has 2 rings (SSSR count). The first kappa shape index (κ1) is 19.9. The van der Waals surface area contributed by atoms with Gasteiger partial charge in [-0.1, -0.05) is 0 Å². The van der Waals surface area contributed by atoms with Gasteiger partial charge >= 0.3 is 0 Å². The van der Waals surface area contributed by atoms with Crippen LogP contribution in [0.3, 0.4) is 0 Å². The summed E-state index contributed by atoms with van der Waals surface area (Å²) in [5, 5.41) is 3.80. The van der Waals surface area contributed by atoms with Crippen LogP contribution in [0.25, 0.3) is 0 Å². The summed E-state index contributed by atoms with van der Waals surface area (Å²) >= 11 is 1.91. The van der Waals surface area contributed by atoms with Crippen molar-refractivity contribution in [3.63, 3.8) is 0 Å². The molecule has 1 N–H and O–H groups in total. The van der Waals surface area contributed by atoms with E-state index in [1.54, 1.807) is 0 Å². The van der Waals surface area contributed by atoms with Crippen LogP contribution in [0, 0.1) is 6.92 Å². The van der Waals surface area contributed by atoms with Crippen molar-refractivity contribution >= 4 is 23.7 Å². The molecule has 1 aromatic heterocycles. The van der Waals surface area contributed by atoms with E-state index in [4.69, 9.17) is 4.74 Å². The normalized spacial score (nSPS) is 18.4. The molecule has 1 fully saturated rings. The Labute approximate surface area is 145 Å². The minimum absolute atomic E-state index is 0. The third-order valence-electron chi connectivity index (χ3n) is 4.12. The highest BCUT2D eigenvalue weighted by Gasteiger charge is 2.21. The molecule has 0 bridgehead atoms. The van der Waals surface area contributed by atoms with Crippen LogP contribution in [0.5, 0.6) is 0 Å². The number of likely N-dealkylation sites (tertiary alicyclic amines) is 1. The van der Waals surface area contributed by atoms with E-state index in [1.807, 2.05) is 11.3 Å². The van der Waals surface area contributed by atoms with Gasteiger partial charge in [-0.25, -0.2) is 0 Å². The Morgan fingerprint density at radius 2 is 1.95 bits per heavy atom. The lowest BCUT2D eigenvalue weighted by molar-refractivity contribution is 0.0523. The maximum absolute atomic E-state index is 5.64. The van der Waals surface area contributed by atoms with Crippen LogP contribution >= 0.6 is 23.7 Å². The fourth-order valence-electron chi connectivity index (χ4n) is 2.86. The Morgan fingerprint density at radius 1 is 1.27 bits per heavy atom. The molecule has 1 aliphatic heterocycles. The predicted octanol–water partition coefficient (Wildman–Crippen LogP) is 4.02. The highest BCUT2D eigenvalue weighted by atomic mass is 35.5. The summed E-state index contributed by atoms with van der Waals surface area (Å²) in [4.78, 5) is 5.39. The van der Waals surface area contributed by atoms with E-state index >= 15 is 0 Å². The van der Waals surface area contributed by atoms with Crippen LogP contribution in [0.1, 0.15) is 49.4 Å². The number of hydrogen-bond acceptors (Lipinski definition) is 4. The number of thiophene rings is 1. The molecule has 1 aromatic rings. The van der Waals surface area contributed by atoms with Gasteiger partial charge in [0.1, 0.15) is 0 Å². The van der Waals surface area contributed by atoms with Crippen LogP contribution in [0.15, 0.2) is 12.1 Å². The molecule has 22 heavy (non-hydrogen) atoms. The lowest BCUT2D eigenvalue weighted by atomic mass is 10.0. The van der Waals surface area contributed by atoms with Crippen LogP contribution in [0.2, 0.25) is 0 Å². The lowest BCUT2D eigenvalue weighted by Crippen LogP contribution is -2.44. The van der Waals surface area contributed by atoms with Crippen molar-refractivity contribution < 1.29 is 4.74 Å². The molecule has 0 saturated carbocycles. The molecule has 0 aromatic carbocycles. The van der Waals surface area contributed by atoms with E-state index in [9.17, 15) is 0 Å². The monoisotopic (exact) mass is 346 g/mol. The second-order valence-electron chi connectivity index (χ2n) is 6.37. The van der Waals surface area contributed by atoms with Crippen molar-refractivity contribution in [3.05, 3.63) is 21.9 Å². The van der Waals surface area contributed by atoms with Crippen molar-refractivity contribution in [1.82, 2.24) is 10.2 Å². The molecule has 2 heterocycles. The first-order chi connectivity index (χ1) is 10.0. The first-order valence-corrected chi connectivity index (χ1v) is 9.02. The number of nitrogens with one attached hydrogen (secondary N) is 1. The summed E-state index contributed by atoms with van der Waals surface area (Å²) < 4.78 is 5.64. The molecule has 128 valence electrons. The highest BCUT2D eigenvalue weighted by Crippen LogP contribution is 2.24. The average molecular weight is 347 g/mol. The van der Waals surface area contributed by atoms with Gasteiger partial charge in [-0.05, 0) is 65.8 Å². The zero-order valence-electron chi connectivity index (χ0n) is 14.3. The summed E-state index contributed by atoms with van der Waals surface area (Å²) in [6, 6.07) is 5.61. The zero-order chi connectivity index (χ0) is 15.2. The first-order valence-electron chi connectivity index (χ1n) is 8.21. The largest absolute Gasteiger partial charge is 0.377 e. The number of hydrogen-bond donors (Lipinski definition) is 1. The zero-order valence-corrected chi connectivity index (χ0v) is 15.9. The van der Waals surface area contributed by atoms with Crippen molar-refractivity contribution in [2.45, 2.75) is 58.7 Å². The smallest absolute Gasteiger partial charge is 0.0596 e. The third-order valence-corrected chi connectivity index (χ3v) is 5.30. The average Bonchev–Trinajstić information content (AvgIpc) is 2.87. The van der Waals surface area contributed by atoms with Crippen molar-refractivity contribution in [3.8, 4) is 0 Å². The van der Waals surface area contributed by atoms with Crippen LogP contribution in [0.4, 0.5) is 0 Å². The number of piperidine rings is 1. The molecule has 0 spiro atoms. The summed E-state index contributed by atoms with van der Waals surface area (Å²) in [5.74, 6) is 0. The molecule has 0 radical (unpaired) electrons. The van der Waals surface area contributed by atoms with E-state index in [2.05, 4.69) is 50.0 Å². The van der Waals surface area contributed by atoms with Gasteiger partial charge in [0.25, 0.3) is 0 Å². The number of halogens is 1. The maximum atomic E-state index is 5.64. The number of aryl methyl sites for hydroxylation is 1. The van der Waals surface area contributed by atoms with Gasteiger partial charge < -0.3 is 15.0 Å². The lowest BCUT2D eigenvalue weighted by Gasteiger charge is -2.33. The molecule has 0 amide bonds. The number of rotatable bonds is 7. The number of ether oxygens (including phenoxy) is 1. The van der Waals surface area contributed by atoms with Crippen molar-refractivity contribution in [2.24, 2.45) is 0 Å². The Morgan fingerprint density at radius 3 is 2.50 bits per heavy atom. The maximum Gasteiger partial charge on any atom is 0.0596 e. The molecule has 5 heteroatoms. The molecule has 0 aliphatic carbocycles. The minimum Gasteiger partial charge on any atom is -0.377 e. The fraction of sp³-hybridized carbons (Fsp3) is 0.765. The molecule has 1 unspecified atom stereocenters. The van der Waals surface area contributed by atoms with Crippen LogP contribution in [-0.2, 0) is 4.74 Å². The summed E-state index contributed by atoms with van der Waals surface area (Å²) in [5.41, 5.74) is 0. The summed E-state index contributed by atoms with van der Waals surface area (Å²) in [6.45, 7) is 13.0. The quantitative estimate of drug-likeness (QED) is 0.807. The van der Waals surface area contributed by atoms with E-state index in [0.29, 0.717) is 18.2 Å². The Hall–Kier alpha value is -0.130. The molecule has 1 atom stereocenters. The van der Waals surface area contributed by atoms with Gasteiger partial charge in [0, 0.05) is 28.4 Å². The van der Waals surface area contributed by atoms with Crippen LogP contribution < -0.4 is 5.32 Å². The topological polar surface area (TPSA) is 24.5 Å². The van der Waals surface area contributed by atoms with Crippen molar-refractivity contribution in [2.75, 3.05) is 26.2 Å². The minimum atomic E-state index is 0. The Bertz CT molecular complexity index is 417. The molecule has 1 saturated heterocycles. The van der Waals surface area contributed by atoms with Gasteiger partial charge in [0.15, 0.2) is 0 Å². The summed E-state index contributed by atoms with van der Waals surface area (Å²) in [7, 11) is 0. The molecular formula is C17H31ClN2OS. The number of nitrogens with zero attached hydrogens (tertiary/aromatic N) is 1. The van der Waals surface area contributed by atoms with Gasteiger partial charge in [0.2, 0.25) is 0 Å². The fourth-order valence-corrected chi connectivity index (χ4v) is 3.75. The van der Waals surface area contributed by atoms with Gasteiger partial charge in [0.05, 0.1) is 12.7 Å². The summed E-state index contributed by atoms with van der Waals surface area (Å²) in [6.07, 6.45) is 2.84. The SMILES string of the molecule is Cc1ccc(C(C)NC2CCN(CCOC(C)C)CC2)s1.Cl. The van der Waals surface area contributed by atoms with Gasteiger partial charge in [-0.3, -0.25) is 0 Å². The molecular weight excluding hydrogens is 316 g/mol. The second kappa shape index (κ2) is 9.89. The standard InChI is InChI=1S/C17H30N2OS.ClH/c1-13(2)20-12-11-19-9-7-16(8-10-19)18-15(4)17-6-5-14(3)21-17;/h5-6,13,15-16,18H,7-12H2,1-4H3;1H. The Balaban J connectivity index is 0.00000242. The van der Waals surface area contributed by atoms with E-state index < -0.39 is 0 Å². The predicted molar refractivity (Wildman–Crippen MR) is 98.4 cm³/mol. The van der Waals surface area contributed by atoms with E-state index in [1.165, 1.54) is 35.7 Å². The van der Waals surface area contributed by atoms with E-state index in [-0.39, 0.29) is 12.4 Å². The van der Waals surface area contributed by atoms with Gasteiger partial charge in [-0.15, -0.1) is 23.7 Å². The highest BCUT2D eigenvalue weighted by molar-refractivity contribution is 7.12. The second-order valence-corrected chi connectivity index (χ2v) is 7.69. The van der Waals surface area contributed by atoms with Gasteiger partial charge in [-0.2, -0.15) is 0 Å².